The fraction of sp³-hybridized carbons (Fsp3) is 0.407. The monoisotopic (exact) mass is 576 g/mol. The highest BCUT2D eigenvalue weighted by Gasteiger charge is 2.42. The van der Waals surface area contributed by atoms with Crippen LogP contribution in [0, 0.1) is 11.7 Å². The molecular weight excluding hydrogens is 548 g/mol. The zero-order valence-electron chi connectivity index (χ0n) is 22.1. The fourth-order valence-corrected chi connectivity index (χ4v) is 4.80. The van der Waals surface area contributed by atoms with Crippen molar-refractivity contribution in [3.63, 3.8) is 0 Å². The molecule has 2 aromatic heterocycles. The number of pyridine rings is 1. The lowest BCUT2D eigenvalue weighted by molar-refractivity contribution is -0.141. The first-order valence-corrected chi connectivity index (χ1v) is 13.1. The minimum absolute atomic E-state index is 0.0752. The molecule has 4 heterocycles. The van der Waals surface area contributed by atoms with Gasteiger partial charge in [0.2, 0.25) is 11.6 Å². The molecule has 14 heteroatoms. The van der Waals surface area contributed by atoms with Crippen molar-refractivity contribution in [2.45, 2.75) is 38.5 Å². The van der Waals surface area contributed by atoms with Crippen molar-refractivity contribution < 1.29 is 36.3 Å². The number of anilines is 3. The van der Waals surface area contributed by atoms with E-state index in [4.69, 9.17) is 9.15 Å². The Kier molecular flexibility index (Phi) is 7.99. The summed E-state index contributed by atoms with van der Waals surface area (Å²) in [7, 11) is 0. The highest BCUT2D eigenvalue weighted by Crippen LogP contribution is 2.35. The molecule has 2 saturated heterocycles. The van der Waals surface area contributed by atoms with Gasteiger partial charge in [0.15, 0.2) is 5.69 Å². The number of urea groups is 1. The zero-order valence-corrected chi connectivity index (χ0v) is 22.1. The van der Waals surface area contributed by atoms with Gasteiger partial charge >= 0.3 is 12.2 Å². The van der Waals surface area contributed by atoms with Gasteiger partial charge in [0.05, 0.1) is 24.1 Å². The molecule has 2 atom stereocenters. The van der Waals surface area contributed by atoms with E-state index in [2.05, 4.69) is 20.6 Å². The van der Waals surface area contributed by atoms with Gasteiger partial charge in [0.25, 0.3) is 11.9 Å². The number of hydrogen-bond donors (Lipinski definition) is 2. The van der Waals surface area contributed by atoms with E-state index in [1.54, 1.807) is 11.0 Å². The second kappa shape index (κ2) is 11.6. The van der Waals surface area contributed by atoms with Crippen LogP contribution in [0.15, 0.2) is 47.0 Å². The Bertz CT molecular complexity index is 1400. The number of aromatic nitrogens is 2. The van der Waals surface area contributed by atoms with Gasteiger partial charge in [-0.3, -0.25) is 4.79 Å². The SMILES string of the molecule is CC1CCCN(c2nc(C(F)(F)F)c(C(=O)Nc3ccc(O[C@H]4CCN(C(=O)Nc5ccccc5F)C4)nc3)o2)C1. The predicted molar refractivity (Wildman–Crippen MR) is 140 cm³/mol. The minimum atomic E-state index is -4.88. The molecule has 0 spiro atoms. The number of benzene rings is 1. The zero-order chi connectivity index (χ0) is 29.1. The Morgan fingerprint density at radius 3 is 2.59 bits per heavy atom. The summed E-state index contributed by atoms with van der Waals surface area (Å²) in [5.74, 6) is -2.12. The van der Waals surface area contributed by atoms with Crippen LogP contribution in [0.5, 0.6) is 5.88 Å². The van der Waals surface area contributed by atoms with E-state index in [9.17, 15) is 27.2 Å². The van der Waals surface area contributed by atoms with E-state index < -0.39 is 35.4 Å². The third kappa shape index (κ3) is 6.69. The molecule has 3 amide bonds. The number of carbonyl (C=O) groups is 2. The van der Waals surface area contributed by atoms with Gasteiger partial charge in [-0.1, -0.05) is 19.1 Å². The summed E-state index contributed by atoms with van der Waals surface area (Å²) in [5.41, 5.74) is -1.19. The molecular formula is C27H28F4N6O4. The maximum Gasteiger partial charge on any atom is 0.437 e. The number of ether oxygens (including phenoxy) is 1. The van der Waals surface area contributed by atoms with Crippen molar-refractivity contribution in [3.8, 4) is 5.88 Å². The number of amides is 3. The van der Waals surface area contributed by atoms with Crippen molar-refractivity contribution in [1.82, 2.24) is 14.9 Å². The number of carbonyl (C=O) groups excluding carboxylic acids is 2. The Morgan fingerprint density at radius 2 is 1.88 bits per heavy atom. The molecule has 2 aliphatic rings. The van der Waals surface area contributed by atoms with E-state index >= 15 is 0 Å². The third-order valence-electron chi connectivity index (χ3n) is 6.85. The molecule has 5 rings (SSSR count). The highest BCUT2D eigenvalue weighted by molar-refractivity contribution is 6.03. The quantitative estimate of drug-likeness (QED) is 0.378. The van der Waals surface area contributed by atoms with Crippen LogP contribution in [-0.4, -0.2) is 59.1 Å². The van der Waals surface area contributed by atoms with Gasteiger partial charge in [-0.05, 0) is 37.0 Å². The number of nitrogens with zero attached hydrogens (tertiary/aromatic N) is 4. The fourth-order valence-electron chi connectivity index (χ4n) is 4.80. The molecule has 2 fully saturated rings. The molecule has 1 aromatic carbocycles. The van der Waals surface area contributed by atoms with E-state index in [1.807, 2.05) is 6.92 Å². The van der Waals surface area contributed by atoms with E-state index in [0.29, 0.717) is 26.1 Å². The smallest absolute Gasteiger partial charge is 0.437 e. The first-order chi connectivity index (χ1) is 19.6. The highest BCUT2D eigenvalue weighted by atomic mass is 19.4. The predicted octanol–water partition coefficient (Wildman–Crippen LogP) is 5.40. The van der Waals surface area contributed by atoms with Crippen LogP contribution >= 0.6 is 0 Å². The third-order valence-corrected chi connectivity index (χ3v) is 6.85. The van der Waals surface area contributed by atoms with Gasteiger partial charge < -0.3 is 29.6 Å². The maximum atomic E-state index is 13.8. The second-order valence-electron chi connectivity index (χ2n) is 10.1. The van der Waals surface area contributed by atoms with Gasteiger partial charge in [-0.15, -0.1) is 0 Å². The summed E-state index contributed by atoms with van der Waals surface area (Å²) < 4.78 is 65.9. The van der Waals surface area contributed by atoms with Gasteiger partial charge in [-0.2, -0.15) is 18.2 Å². The summed E-state index contributed by atoms with van der Waals surface area (Å²) in [6.07, 6.45) is -1.78. The summed E-state index contributed by atoms with van der Waals surface area (Å²) >= 11 is 0. The summed E-state index contributed by atoms with van der Waals surface area (Å²) in [4.78, 5) is 36.1. The normalized spacial score (nSPS) is 19.2. The molecule has 41 heavy (non-hydrogen) atoms. The summed E-state index contributed by atoms with van der Waals surface area (Å²) in [5, 5.41) is 4.89. The van der Waals surface area contributed by atoms with Crippen molar-refractivity contribution in [2.75, 3.05) is 41.7 Å². The molecule has 218 valence electrons. The van der Waals surface area contributed by atoms with Crippen LogP contribution in [-0.2, 0) is 6.18 Å². The number of rotatable bonds is 6. The number of likely N-dealkylation sites (tertiary alicyclic amines) is 1. The van der Waals surface area contributed by atoms with Crippen LogP contribution in [0.4, 0.5) is 39.7 Å². The molecule has 10 nitrogen and oxygen atoms in total. The number of piperidine rings is 1. The van der Waals surface area contributed by atoms with Gasteiger partial charge in [0.1, 0.15) is 11.9 Å². The van der Waals surface area contributed by atoms with E-state index in [1.165, 1.54) is 41.4 Å². The molecule has 3 aromatic rings. The lowest BCUT2D eigenvalue weighted by atomic mass is 10.0. The summed E-state index contributed by atoms with van der Waals surface area (Å²) in [6.45, 7) is 3.59. The number of oxazole rings is 1. The molecule has 0 aliphatic carbocycles. The number of halogens is 4. The lowest BCUT2D eigenvalue weighted by Crippen LogP contribution is -2.34. The Hall–Kier alpha value is -4.36. The van der Waals surface area contributed by atoms with Crippen LogP contribution in [0.2, 0.25) is 0 Å². The summed E-state index contributed by atoms with van der Waals surface area (Å²) in [6, 6.07) is 8.02. The Labute approximate surface area is 232 Å². The maximum absolute atomic E-state index is 13.8. The van der Waals surface area contributed by atoms with Crippen LogP contribution in [0.1, 0.15) is 42.4 Å². The van der Waals surface area contributed by atoms with Crippen molar-refractivity contribution in [1.29, 1.82) is 0 Å². The minimum Gasteiger partial charge on any atom is -0.472 e. The molecule has 2 N–H and O–H groups in total. The Balaban J connectivity index is 1.18. The van der Waals surface area contributed by atoms with Crippen molar-refractivity contribution in [2.24, 2.45) is 5.92 Å². The van der Waals surface area contributed by atoms with Crippen molar-refractivity contribution >= 4 is 29.3 Å². The van der Waals surface area contributed by atoms with E-state index in [0.717, 1.165) is 12.8 Å². The van der Waals surface area contributed by atoms with Crippen LogP contribution < -0.4 is 20.3 Å². The van der Waals surface area contributed by atoms with E-state index in [-0.39, 0.29) is 41.8 Å². The standard InChI is InChI=1S/C27H28F4N6O4/c1-16-5-4-11-37(14-16)26-35-23(27(29,30)31)22(41-26)24(38)33-17-8-9-21(32-13-17)40-18-10-12-36(15-18)25(39)34-20-7-3-2-6-19(20)28/h2-3,6-9,13,16,18H,4-5,10-12,14-15H2,1H3,(H,33,38)(H,34,39)/t16?,18-/m0/s1. The molecule has 0 saturated carbocycles. The number of nitrogens with one attached hydrogen (secondary N) is 2. The van der Waals surface area contributed by atoms with Crippen LogP contribution in [0.3, 0.4) is 0 Å². The topological polar surface area (TPSA) is 113 Å². The van der Waals surface area contributed by atoms with Gasteiger partial charge in [0, 0.05) is 32.1 Å². The van der Waals surface area contributed by atoms with Crippen molar-refractivity contribution in [3.05, 3.63) is 59.9 Å². The number of hydrogen-bond acceptors (Lipinski definition) is 7. The Morgan fingerprint density at radius 1 is 1.07 bits per heavy atom. The van der Waals surface area contributed by atoms with Crippen LogP contribution in [0.25, 0.3) is 0 Å². The van der Waals surface area contributed by atoms with Gasteiger partial charge in [-0.25, -0.2) is 14.2 Å². The first kappa shape index (κ1) is 28.2. The molecule has 0 bridgehead atoms. The first-order valence-electron chi connectivity index (χ1n) is 13.1. The average molecular weight is 577 g/mol. The number of alkyl halides is 3. The lowest BCUT2D eigenvalue weighted by Gasteiger charge is -2.29. The molecule has 2 aliphatic heterocycles. The second-order valence-corrected chi connectivity index (χ2v) is 10.1. The molecule has 0 radical (unpaired) electrons. The molecule has 1 unspecified atom stereocenters. The number of para-hydroxylation sites is 1. The average Bonchev–Trinajstić information content (AvgIpc) is 3.59. The largest absolute Gasteiger partial charge is 0.472 e.